The maximum atomic E-state index is 11.1. The van der Waals surface area contributed by atoms with Gasteiger partial charge in [0, 0.05) is 0 Å². The van der Waals surface area contributed by atoms with E-state index in [0.29, 0.717) is 11.3 Å². The zero-order chi connectivity index (χ0) is 11.4. The van der Waals surface area contributed by atoms with E-state index in [0.717, 1.165) is 5.56 Å². The average molecular weight is 204 g/mol. The Bertz CT molecular complexity index is 433. The number of nitrogens with one attached hydrogen (secondary N) is 1. The molecule has 0 saturated heterocycles. The van der Waals surface area contributed by atoms with Crippen molar-refractivity contribution in [1.82, 2.24) is 0 Å². The van der Waals surface area contributed by atoms with Crippen LogP contribution in [0, 0.1) is 25.2 Å². The van der Waals surface area contributed by atoms with Crippen molar-refractivity contribution >= 4 is 11.6 Å². The van der Waals surface area contributed by atoms with Gasteiger partial charge < -0.3 is 10.4 Å². The molecule has 0 aliphatic rings. The molecular formula is C11H12N2O2. The van der Waals surface area contributed by atoms with Gasteiger partial charge in [0.1, 0.15) is 12.2 Å². The van der Waals surface area contributed by atoms with Crippen LogP contribution in [0.2, 0.25) is 0 Å². The first-order valence-corrected chi connectivity index (χ1v) is 4.51. The van der Waals surface area contributed by atoms with Crippen molar-refractivity contribution < 1.29 is 9.90 Å². The van der Waals surface area contributed by atoms with E-state index < -0.39 is 5.91 Å². The molecular weight excluding hydrogens is 192 g/mol. The Morgan fingerprint density at radius 1 is 1.53 bits per heavy atom. The van der Waals surface area contributed by atoms with Crippen LogP contribution in [0.25, 0.3) is 0 Å². The quantitative estimate of drug-likeness (QED) is 0.722. The Hall–Kier alpha value is -2.02. The lowest BCUT2D eigenvalue weighted by Gasteiger charge is -2.09. The summed E-state index contributed by atoms with van der Waals surface area (Å²) in [5, 5.41) is 20.4. The van der Waals surface area contributed by atoms with Gasteiger partial charge in [-0.1, -0.05) is 6.07 Å². The van der Waals surface area contributed by atoms with Gasteiger partial charge in [0.15, 0.2) is 0 Å². The molecule has 0 heterocycles. The number of carbonyl (C=O) groups is 1. The minimum absolute atomic E-state index is 0.0480. The highest BCUT2D eigenvalue weighted by Crippen LogP contribution is 2.28. The Morgan fingerprint density at radius 3 is 2.80 bits per heavy atom. The van der Waals surface area contributed by atoms with Crippen molar-refractivity contribution in [3.63, 3.8) is 0 Å². The number of rotatable bonds is 2. The van der Waals surface area contributed by atoms with Crippen molar-refractivity contribution in [1.29, 1.82) is 5.26 Å². The van der Waals surface area contributed by atoms with E-state index in [1.54, 1.807) is 19.1 Å². The summed E-state index contributed by atoms with van der Waals surface area (Å²) in [7, 11) is 0. The standard InChI is InChI=1S/C11H12N2O2/c1-7-5-8(2)11(15)9(6-7)13-10(14)3-4-12/h5-6,15H,3H2,1-2H3,(H,13,14). The smallest absolute Gasteiger partial charge is 0.238 e. The van der Waals surface area contributed by atoms with Gasteiger partial charge in [0.05, 0.1) is 11.8 Å². The second-order valence-corrected chi connectivity index (χ2v) is 3.36. The number of aryl methyl sites for hydroxylation is 2. The van der Waals surface area contributed by atoms with Crippen molar-refractivity contribution in [2.45, 2.75) is 20.3 Å². The van der Waals surface area contributed by atoms with E-state index in [9.17, 15) is 9.90 Å². The lowest BCUT2D eigenvalue weighted by Crippen LogP contribution is -2.10. The first-order chi connectivity index (χ1) is 7.04. The number of hydrogen-bond donors (Lipinski definition) is 2. The summed E-state index contributed by atoms with van der Waals surface area (Å²) in [6, 6.07) is 5.22. The summed E-state index contributed by atoms with van der Waals surface area (Å²) in [5.74, 6) is -0.371. The van der Waals surface area contributed by atoms with Crippen LogP contribution in [0.3, 0.4) is 0 Å². The van der Waals surface area contributed by atoms with Crippen LogP contribution in [-0.2, 0) is 4.79 Å². The molecule has 0 unspecified atom stereocenters. The fraction of sp³-hybridized carbons (Fsp3) is 0.273. The van der Waals surface area contributed by atoms with Crippen molar-refractivity contribution in [3.05, 3.63) is 23.3 Å². The van der Waals surface area contributed by atoms with Crippen molar-refractivity contribution in [2.75, 3.05) is 5.32 Å². The molecule has 4 heteroatoms. The number of amides is 1. The summed E-state index contributed by atoms with van der Waals surface area (Å²) in [6.45, 7) is 3.62. The minimum Gasteiger partial charge on any atom is -0.505 e. The highest BCUT2D eigenvalue weighted by atomic mass is 16.3. The number of aromatic hydroxyl groups is 1. The average Bonchev–Trinajstić information content (AvgIpc) is 2.13. The molecule has 1 aromatic carbocycles. The molecule has 1 aromatic rings. The van der Waals surface area contributed by atoms with Crippen molar-refractivity contribution in [3.8, 4) is 11.8 Å². The summed E-state index contributed by atoms with van der Waals surface area (Å²) in [5.41, 5.74) is 1.99. The number of phenolic OH excluding ortho intramolecular Hbond substituents is 1. The van der Waals surface area contributed by atoms with E-state index in [4.69, 9.17) is 5.26 Å². The molecule has 0 aliphatic carbocycles. The van der Waals surface area contributed by atoms with Crippen LogP contribution in [0.1, 0.15) is 17.5 Å². The van der Waals surface area contributed by atoms with Crippen LogP contribution >= 0.6 is 0 Å². The molecule has 0 radical (unpaired) electrons. The molecule has 0 fully saturated rings. The van der Waals surface area contributed by atoms with Crippen LogP contribution in [0.5, 0.6) is 5.75 Å². The zero-order valence-corrected chi connectivity index (χ0v) is 8.66. The van der Waals surface area contributed by atoms with Gasteiger partial charge in [-0.2, -0.15) is 5.26 Å². The highest BCUT2D eigenvalue weighted by molar-refractivity contribution is 5.93. The molecule has 0 atom stereocenters. The van der Waals surface area contributed by atoms with Gasteiger partial charge >= 0.3 is 0 Å². The second kappa shape index (κ2) is 4.47. The number of nitriles is 1. The summed E-state index contributed by atoms with van der Waals surface area (Å²) in [4.78, 5) is 11.1. The largest absolute Gasteiger partial charge is 0.505 e. The predicted molar refractivity (Wildman–Crippen MR) is 56.4 cm³/mol. The van der Waals surface area contributed by atoms with E-state index >= 15 is 0 Å². The fourth-order valence-electron chi connectivity index (χ4n) is 1.32. The summed E-state index contributed by atoms with van der Waals surface area (Å²) in [6.07, 6.45) is -0.216. The van der Waals surface area contributed by atoms with Crippen LogP contribution in [0.4, 0.5) is 5.69 Å². The van der Waals surface area contributed by atoms with Gasteiger partial charge in [0.25, 0.3) is 0 Å². The molecule has 1 rings (SSSR count). The molecule has 1 amide bonds. The first kappa shape index (κ1) is 11.1. The van der Waals surface area contributed by atoms with E-state index in [1.807, 2.05) is 13.0 Å². The van der Waals surface area contributed by atoms with E-state index in [1.165, 1.54) is 0 Å². The third-order valence-electron chi connectivity index (χ3n) is 1.96. The van der Waals surface area contributed by atoms with Gasteiger partial charge in [0.2, 0.25) is 5.91 Å². The van der Waals surface area contributed by atoms with Gasteiger partial charge in [-0.3, -0.25) is 4.79 Å². The molecule has 0 bridgehead atoms. The lowest BCUT2D eigenvalue weighted by molar-refractivity contribution is -0.115. The molecule has 78 valence electrons. The molecule has 0 aromatic heterocycles. The van der Waals surface area contributed by atoms with Gasteiger partial charge in [-0.15, -0.1) is 0 Å². The van der Waals surface area contributed by atoms with E-state index in [2.05, 4.69) is 5.32 Å². The van der Waals surface area contributed by atoms with Crippen molar-refractivity contribution in [2.24, 2.45) is 0 Å². The Balaban J connectivity index is 2.95. The number of hydrogen-bond acceptors (Lipinski definition) is 3. The zero-order valence-electron chi connectivity index (χ0n) is 8.66. The molecule has 0 saturated carbocycles. The summed E-state index contributed by atoms with van der Waals surface area (Å²) >= 11 is 0. The minimum atomic E-state index is -0.419. The molecule has 15 heavy (non-hydrogen) atoms. The normalized spacial score (nSPS) is 9.40. The Kier molecular flexibility index (Phi) is 3.29. The third-order valence-corrected chi connectivity index (χ3v) is 1.96. The third kappa shape index (κ3) is 2.71. The number of benzene rings is 1. The molecule has 2 N–H and O–H groups in total. The summed E-state index contributed by atoms with van der Waals surface area (Å²) < 4.78 is 0. The van der Waals surface area contributed by atoms with Crippen LogP contribution in [-0.4, -0.2) is 11.0 Å². The van der Waals surface area contributed by atoms with Crippen LogP contribution in [0.15, 0.2) is 12.1 Å². The topological polar surface area (TPSA) is 73.1 Å². The Labute approximate surface area is 88.2 Å². The lowest BCUT2D eigenvalue weighted by atomic mass is 10.1. The SMILES string of the molecule is Cc1cc(C)c(O)c(NC(=O)CC#N)c1. The van der Waals surface area contributed by atoms with Gasteiger partial charge in [-0.05, 0) is 31.0 Å². The molecule has 0 spiro atoms. The van der Waals surface area contributed by atoms with E-state index in [-0.39, 0.29) is 12.2 Å². The fourth-order valence-corrected chi connectivity index (χ4v) is 1.32. The first-order valence-electron chi connectivity index (χ1n) is 4.51. The highest BCUT2D eigenvalue weighted by Gasteiger charge is 2.08. The molecule has 4 nitrogen and oxygen atoms in total. The number of carbonyl (C=O) groups excluding carboxylic acids is 1. The molecule has 0 aliphatic heterocycles. The monoisotopic (exact) mass is 204 g/mol. The predicted octanol–water partition coefficient (Wildman–Crippen LogP) is 1.86. The maximum absolute atomic E-state index is 11.1. The Morgan fingerprint density at radius 2 is 2.20 bits per heavy atom. The maximum Gasteiger partial charge on any atom is 0.238 e. The van der Waals surface area contributed by atoms with Gasteiger partial charge in [-0.25, -0.2) is 0 Å². The number of anilines is 1. The number of nitrogens with zero attached hydrogens (tertiary/aromatic N) is 1. The number of phenols is 1. The van der Waals surface area contributed by atoms with Crippen LogP contribution < -0.4 is 5.32 Å². The second-order valence-electron chi connectivity index (χ2n) is 3.36.